The first-order valence-corrected chi connectivity index (χ1v) is 7.48. The zero-order chi connectivity index (χ0) is 12.3. The molecule has 1 aromatic rings. The van der Waals surface area contributed by atoms with Crippen LogP contribution in [0.4, 0.5) is 0 Å². The Hall–Kier alpha value is -0.470. The van der Waals surface area contributed by atoms with Gasteiger partial charge in [0.2, 0.25) is 0 Å². The Kier molecular flexibility index (Phi) is 4.52. The maximum atomic E-state index is 3.43. The van der Waals surface area contributed by atoms with Gasteiger partial charge in [0.25, 0.3) is 0 Å². The molecule has 2 unspecified atom stereocenters. The number of hydrogen-bond acceptors (Lipinski definition) is 2. The molecular formula is C15H23NS. The van der Waals surface area contributed by atoms with Crippen molar-refractivity contribution in [2.45, 2.75) is 55.7 Å². The second-order valence-electron chi connectivity index (χ2n) is 5.16. The molecule has 1 nitrogen and oxygen atoms in total. The van der Waals surface area contributed by atoms with Crippen LogP contribution in [-0.2, 0) is 0 Å². The maximum absolute atomic E-state index is 3.43. The lowest BCUT2D eigenvalue weighted by Gasteiger charge is -2.28. The summed E-state index contributed by atoms with van der Waals surface area (Å²) in [6, 6.07) is 7.52. The first kappa shape index (κ1) is 13.0. The van der Waals surface area contributed by atoms with Crippen LogP contribution >= 0.6 is 11.8 Å². The average Bonchev–Trinajstić information content (AvgIpc) is 2.34. The molecule has 0 heterocycles. The van der Waals surface area contributed by atoms with Crippen molar-refractivity contribution in [2.24, 2.45) is 0 Å². The molecular weight excluding hydrogens is 226 g/mol. The summed E-state index contributed by atoms with van der Waals surface area (Å²) < 4.78 is 0. The minimum atomic E-state index is 0.728. The van der Waals surface area contributed by atoms with Crippen molar-refractivity contribution in [1.29, 1.82) is 0 Å². The molecule has 0 radical (unpaired) electrons. The molecule has 2 atom stereocenters. The van der Waals surface area contributed by atoms with E-state index in [-0.39, 0.29) is 0 Å². The van der Waals surface area contributed by atoms with E-state index in [0.717, 1.165) is 11.3 Å². The van der Waals surface area contributed by atoms with Gasteiger partial charge in [-0.3, -0.25) is 0 Å². The highest BCUT2D eigenvalue weighted by Crippen LogP contribution is 2.35. The normalized spacial score (nSPS) is 24.9. The summed E-state index contributed by atoms with van der Waals surface area (Å²) in [6.45, 7) is 4.40. The first-order chi connectivity index (χ1) is 8.19. The van der Waals surface area contributed by atoms with E-state index in [1.54, 1.807) is 0 Å². The van der Waals surface area contributed by atoms with Crippen molar-refractivity contribution in [3.05, 3.63) is 29.3 Å². The number of rotatable bonds is 3. The highest BCUT2D eigenvalue weighted by Gasteiger charge is 2.21. The first-order valence-electron chi connectivity index (χ1n) is 6.60. The fourth-order valence-corrected chi connectivity index (χ4v) is 4.01. The van der Waals surface area contributed by atoms with Crippen LogP contribution in [0.25, 0.3) is 0 Å². The van der Waals surface area contributed by atoms with Gasteiger partial charge in [0.1, 0.15) is 0 Å². The van der Waals surface area contributed by atoms with E-state index in [4.69, 9.17) is 0 Å². The number of benzene rings is 1. The predicted molar refractivity (Wildman–Crippen MR) is 76.9 cm³/mol. The third-order valence-corrected chi connectivity index (χ3v) is 5.13. The van der Waals surface area contributed by atoms with Crippen LogP contribution in [0.5, 0.6) is 0 Å². The molecule has 0 spiro atoms. The van der Waals surface area contributed by atoms with E-state index in [1.165, 1.54) is 41.7 Å². The summed E-state index contributed by atoms with van der Waals surface area (Å²) in [5.41, 5.74) is 2.80. The van der Waals surface area contributed by atoms with Crippen LogP contribution in [0.15, 0.2) is 23.1 Å². The van der Waals surface area contributed by atoms with Gasteiger partial charge >= 0.3 is 0 Å². The van der Waals surface area contributed by atoms with E-state index >= 15 is 0 Å². The van der Waals surface area contributed by atoms with Gasteiger partial charge in [-0.2, -0.15) is 0 Å². The van der Waals surface area contributed by atoms with Crippen LogP contribution in [-0.4, -0.2) is 18.3 Å². The van der Waals surface area contributed by atoms with Crippen LogP contribution < -0.4 is 5.32 Å². The molecule has 1 N–H and O–H groups in total. The number of nitrogens with one attached hydrogen (secondary N) is 1. The molecule has 1 aliphatic rings. The van der Waals surface area contributed by atoms with Crippen molar-refractivity contribution in [1.82, 2.24) is 5.32 Å². The zero-order valence-electron chi connectivity index (χ0n) is 11.1. The van der Waals surface area contributed by atoms with Crippen molar-refractivity contribution < 1.29 is 0 Å². The number of thioether (sulfide) groups is 1. The third-order valence-electron chi connectivity index (χ3n) is 3.67. The van der Waals surface area contributed by atoms with Crippen molar-refractivity contribution >= 4 is 11.8 Å². The molecule has 1 fully saturated rings. The zero-order valence-corrected chi connectivity index (χ0v) is 11.9. The second-order valence-corrected chi connectivity index (χ2v) is 6.50. The molecule has 17 heavy (non-hydrogen) atoms. The van der Waals surface area contributed by atoms with E-state index in [1.807, 2.05) is 0 Å². The summed E-state index contributed by atoms with van der Waals surface area (Å²) in [5, 5.41) is 4.23. The van der Waals surface area contributed by atoms with Gasteiger partial charge in [0.15, 0.2) is 0 Å². The van der Waals surface area contributed by atoms with Crippen LogP contribution in [0.2, 0.25) is 0 Å². The smallest absolute Gasteiger partial charge is 0.0109 e. The number of hydrogen-bond donors (Lipinski definition) is 1. The summed E-state index contributed by atoms with van der Waals surface area (Å²) >= 11 is 2.08. The molecule has 1 saturated carbocycles. The molecule has 2 heteroatoms. The molecule has 0 amide bonds. The number of aryl methyl sites for hydroxylation is 2. The summed E-state index contributed by atoms with van der Waals surface area (Å²) in [4.78, 5) is 1.48. The van der Waals surface area contributed by atoms with Gasteiger partial charge in [-0.15, -0.1) is 11.8 Å². The monoisotopic (exact) mass is 249 g/mol. The summed E-state index contributed by atoms with van der Waals surface area (Å²) in [6.07, 6.45) is 5.40. The fourth-order valence-electron chi connectivity index (χ4n) is 2.53. The quantitative estimate of drug-likeness (QED) is 0.871. The topological polar surface area (TPSA) is 12.0 Å². The van der Waals surface area contributed by atoms with Crippen LogP contribution in [0.3, 0.4) is 0 Å². The van der Waals surface area contributed by atoms with E-state index in [9.17, 15) is 0 Å². The molecule has 0 aromatic heterocycles. The lowest BCUT2D eigenvalue weighted by molar-refractivity contribution is 0.402. The Bertz CT molecular complexity index is 375. The Morgan fingerprint density at radius 1 is 1.24 bits per heavy atom. The Morgan fingerprint density at radius 3 is 2.82 bits per heavy atom. The average molecular weight is 249 g/mol. The van der Waals surface area contributed by atoms with Gasteiger partial charge in [0, 0.05) is 16.2 Å². The standard InChI is InChI=1S/C15H23NS/c1-11-7-8-12(2)15(9-11)17-14-6-4-5-13(10-14)16-3/h7-9,13-14,16H,4-6,10H2,1-3H3. The SMILES string of the molecule is CNC1CCCC(Sc2cc(C)ccc2C)C1. The molecule has 0 saturated heterocycles. The van der Waals surface area contributed by atoms with Gasteiger partial charge in [-0.05, 0) is 51.8 Å². The second kappa shape index (κ2) is 5.92. The summed E-state index contributed by atoms with van der Waals surface area (Å²) in [7, 11) is 2.09. The minimum absolute atomic E-state index is 0.728. The van der Waals surface area contributed by atoms with Crippen LogP contribution in [0, 0.1) is 13.8 Å². The van der Waals surface area contributed by atoms with E-state index < -0.39 is 0 Å². The lowest BCUT2D eigenvalue weighted by atomic mass is 9.95. The third kappa shape index (κ3) is 3.49. The molecule has 0 aliphatic heterocycles. The molecule has 1 aliphatic carbocycles. The van der Waals surface area contributed by atoms with Gasteiger partial charge < -0.3 is 5.32 Å². The molecule has 94 valence electrons. The van der Waals surface area contributed by atoms with Gasteiger partial charge in [-0.1, -0.05) is 24.1 Å². The Balaban J connectivity index is 2.02. The lowest BCUT2D eigenvalue weighted by Crippen LogP contribution is -2.32. The Morgan fingerprint density at radius 2 is 2.06 bits per heavy atom. The maximum Gasteiger partial charge on any atom is 0.0109 e. The largest absolute Gasteiger partial charge is 0.317 e. The fraction of sp³-hybridized carbons (Fsp3) is 0.600. The van der Waals surface area contributed by atoms with E-state index in [2.05, 4.69) is 56.2 Å². The van der Waals surface area contributed by atoms with Gasteiger partial charge in [0.05, 0.1) is 0 Å². The summed E-state index contributed by atoms with van der Waals surface area (Å²) in [5.74, 6) is 0. The van der Waals surface area contributed by atoms with E-state index in [0.29, 0.717) is 0 Å². The highest BCUT2D eigenvalue weighted by atomic mass is 32.2. The van der Waals surface area contributed by atoms with Crippen molar-refractivity contribution in [3.8, 4) is 0 Å². The highest BCUT2D eigenvalue weighted by molar-refractivity contribution is 8.00. The van der Waals surface area contributed by atoms with Gasteiger partial charge in [-0.25, -0.2) is 0 Å². The van der Waals surface area contributed by atoms with Crippen molar-refractivity contribution in [3.63, 3.8) is 0 Å². The minimum Gasteiger partial charge on any atom is -0.317 e. The molecule has 0 bridgehead atoms. The van der Waals surface area contributed by atoms with Crippen LogP contribution in [0.1, 0.15) is 36.8 Å². The molecule has 2 rings (SSSR count). The predicted octanol–water partition coefficient (Wildman–Crippen LogP) is 3.93. The molecule has 1 aromatic carbocycles. The Labute approximate surface area is 109 Å². The van der Waals surface area contributed by atoms with Crippen molar-refractivity contribution in [2.75, 3.05) is 7.05 Å².